The quantitative estimate of drug-likeness (QED) is 0.392. The number of nitrogens with zero attached hydrogens (tertiary/aromatic N) is 1. The lowest BCUT2D eigenvalue weighted by molar-refractivity contribution is -0.0227. The van der Waals surface area contributed by atoms with E-state index in [0.29, 0.717) is 41.6 Å². The van der Waals surface area contributed by atoms with E-state index in [1.165, 1.54) is 19.4 Å². The fraction of sp³-hybridized carbons (Fsp3) is 0.559. The minimum atomic E-state index is -4.21. The number of halogens is 1. The van der Waals surface area contributed by atoms with Crippen LogP contribution in [0.1, 0.15) is 74.4 Å². The summed E-state index contributed by atoms with van der Waals surface area (Å²) in [7, 11) is -2.49. The summed E-state index contributed by atoms with van der Waals surface area (Å²) in [4.78, 5) is 15.8. The standard InChI is InChI=1S/C34H45ClN2O6S/c1-22-17-27-28(22)20-37-16-8-7-9-23-18-26(35)14-12-25(23)21-43-31-15-13-24(19-29(31)37)33(38)36-44(40,41)32(34(2,3)39)11-6-5-10-30(27)42-4/h5,10,12-15,18-19,22,27-28,30,32,39H,6-9,11,16-17,20-21H2,1-4H3,(H,36,38)/b10-5+/t22-,27-,28-,30?,32?/m1/s1. The highest BCUT2D eigenvalue weighted by molar-refractivity contribution is 7.90. The minimum Gasteiger partial charge on any atom is -0.487 e. The fourth-order valence-corrected chi connectivity index (χ4v) is 8.97. The fourth-order valence-electron chi connectivity index (χ4n) is 7.05. The molecule has 2 aromatic rings. The Labute approximate surface area is 266 Å². The number of amides is 1. The number of rotatable bonds is 2. The Hall–Kier alpha value is -2.59. The number of hydrogen-bond donors (Lipinski definition) is 2. The van der Waals surface area contributed by atoms with E-state index >= 15 is 0 Å². The summed E-state index contributed by atoms with van der Waals surface area (Å²) >= 11 is 6.33. The van der Waals surface area contributed by atoms with E-state index < -0.39 is 26.8 Å². The summed E-state index contributed by atoms with van der Waals surface area (Å²) in [5, 5.41) is 10.3. The molecule has 5 atom stereocenters. The van der Waals surface area contributed by atoms with Crippen LogP contribution >= 0.6 is 11.6 Å². The van der Waals surface area contributed by atoms with Crippen LogP contribution in [0.2, 0.25) is 5.02 Å². The van der Waals surface area contributed by atoms with Gasteiger partial charge in [-0.25, -0.2) is 13.1 Å². The number of fused-ring (bicyclic) bond motifs is 3. The maximum Gasteiger partial charge on any atom is 0.264 e. The van der Waals surface area contributed by atoms with Crippen LogP contribution in [0.25, 0.3) is 0 Å². The van der Waals surface area contributed by atoms with Crippen molar-refractivity contribution in [2.75, 3.05) is 25.1 Å². The van der Waals surface area contributed by atoms with Gasteiger partial charge >= 0.3 is 0 Å². The number of nitrogens with one attached hydrogen (secondary N) is 1. The Bertz CT molecular complexity index is 1490. The van der Waals surface area contributed by atoms with E-state index in [0.717, 1.165) is 50.0 Å². The SMILES string of the molecule is COC1/C=C/CCC(C(C)(C)O)S(=O)(=O)NC(=O)c2ccc3c(c2)N(CCCCc2cc(Cl)ccc2CO3)C[C@@H]2[C@H](C)C[C@@H]12. The highest BCUT2D eigenvalue weighted by atomic mass is 35.5. The zero-order chi connectivity index (χ0) is 31.6. The summed E-state index contributed by atoms with van der Waals surface area (Å²) in [5.74, 6) is 1.06. The molecule has 0 radical (unpaired) electrons. The Kier molecular flexibility index (Phi) is 10.00. The number of allylic oxidation sites excluding steroid dienone is 1. The number of hydrogen-bond acceptors (Lipinski definition) is 7. The molecule has 44 heavy (non-hydrogen) atoms. The molecule has 5 rings (SSSR count). The Balaban J connectivity index is 1.58. The molecule has 2 aliphatic heterocycles. The first-order chi connectivity index (χ1) is 20.9. The van der Waals surface area contributed by atoms with Crippen LogP contribution in [0.4, 0.5) is 5.69 Å². The molecule has 8 nitrogen and oxygen atoms in total. The first kappa shape index (κ1) is 32.8. The van der Waals surface area contributed by atoms with Crippen molar-refractivity contribution in [3.8, 4) is 5.75 Å². The molecular weight excluding hydrogens is 600 g/mol. The van der Waals surface area contributed by atoms with Crippen molar-refractivity contribution in [1.82, 2.24) is 4.72 Å². The van der Waals surface area contributed by atoms with Crippen molar-refractivity contribution in [2.45, 2.75) is 82.9 Å². The smallest absolute Gasteiger partial charge is 0.264 e. The monoisotopic (exact) mass is 644 g/mol. The number of sulfonamides is 1. The van der Waals surface area contributed by atoms with Gasteiger partial charge in [0.15, 0.2) is 0 Å². The summed E-state index contributed by atoms with van der Waals surface area (Å²) in [5.41, 5.74) is 1.66. The van der Waals surface area contributed by atoms with Crippen molar-refractivity contribution < 1.29 is 27.8 Å². The Morgan fingerprint density at radius 2 is 1.91 bits per heavy atom. The minimum absolute atomic E-state index is 0.105. The molecule has 0 aromatic heterocycles. The van der Waals surface area contributed by atoms with Crippen molar-refractivity contribution in [2.24, 2.45) is 17.8 Å². The molecule has 1 saturated carbocycles. The molecule has 3 aliphatic rings. The maximum atomic E-state index is 13.5. The number of methoxy groups -OCH3 is 1. The van der Waals surface area contributed by atoms with Crippen molar-refractivity contribution in [3.63, 3.8) is 0 Å². The topological polar surface area (TPSA) is 105 Å². The van der Waals surface area contributed by atoms with Gasteiger partial charge in [0.2, 0.25) is 10.0 Å². The van der Waals surface area contributed by atoms with Gasteiger partial charge in [0, 0.05) is 30.8 Å². The van der Waals surface area contributed by atoms with Gasteiger partial charge in [-0.3, -0.25) is 4.79 Å². The number of benzene rings is 2. The van der Waals surface area contributed by atoms with Crippen LogP contribution in [0.3, 0.4) is 0 Å². The summed E-state index contributed by atoms with van der Waals surface area (Å²) in [6.07, 6.45) is 8.25. The highest BCUT2D eigenvalue weighted by Gasteiger charge is 2.43. The molecule has 1 aliphatic carbocycles. The number of carbonyl (C=O) groups excluding carboxylic acids is 1. The van der Waals surface area contributed by atoms with Crippen LogP contribution in [0.5, 0.6) is 5.75 Å². The maximum absolute atomic E-state index is 13.5. The summed E-state index contributed by atoms with van der Waals surface area (Å²) < 4.78 is 41.6. The second-order valence-corrected chi connectivity index (χ2v) is 15.5. The molecule has 2 heterocycles. The number of aryl methyl sites for hydroxylation is 1. The average molecular weight is 645 g/mol. The zero-order valence-electron chi connectivity index (χ0n) is 26.1. The molecule has 2 N–H and O–H groups in total. The predicted molar refractivity (Wildman–Crippen MR) is 174 cm³/mol. The van der Waals surface area contributed by atoms with Gasteiger partial charge in [-0.1, -0.05) is 36.7 Å². The molecule has 2 bridgehead atoms. The van der Waals surface area contributed by atoms with E-state index in [9.17, 15) is 18.3 Å². The lowest BCUT2D eigenvalue weighted by atomic mass is 9.63. The molecule has 2 aromatic carbocycles. The molecule has 0 spiro atoms. The molecule has 0 saturated heterocycles. The lowest BCUT2D eigenvalue weighted by Crippen LogP contribution is -2.49. The summed E-state index contributed by atoms with van der Waals surface area (Å²) in [6, 6.07) is 11.0. The Morgan fingerprint density at radius 1 is 1.11 bits per heavy atom. The molecule has 10 heteroatoms. The molecule has 1 amide bonds. The first-order valence-corrected chi connectivity index (χ1v) is 17.6. The van der Waals surface area contributed by atoms with Gasteiger partial charge < -0.3 is 19.5 Å². The number of carbonyl (C=O) groups is 1. The third-order valence-electron chi connectivity index (χ3n) is 9.61. The van der Waals surface area contributed by atoms with Crippen LogP contribution < -0.4 is 14.4 Å². The zero-order valence-corrected chi connectivity index (χ0v) is 27.7. The van der Waals surface area contributed by atoms with E-state index in [1.54, 1.807) is 25.3 Å². The Morgan fingerprint density at radius 3 is 2.64 bits per heavy atom. The number of ether oxygens (including phenoxy) is 2. The average Bonchev–Trinajstić information content (AvgIpc) is 2.98. The number of aliphatic hydroxyl groups is 1. The largest absolute Gasteiger partial charge is 0.487 e. The van der Waals surface area contributed by atoms with E-state index in [1.807, 2.05) is 30.4 Å². The molecule has 1 fully saturated rings. The van der Waals surface area contributed by atoms with Crippen LogP contribution in [-0.4, -0.2) is 56.6 Å². The van der Waals surface area contributed by atoms with Crippen molar-refractivity contribution >= 4 is 33.2 Å². The van der Waals surface area contributed by atoms with Crippen LogP contribution in [0.15, 0.2) is 48.6 Å². The molecular formula is C34H45ClN2O6S. The van der Waals surface area contributed by atoms with Gasteiger partial charge in [-0.05, 0) is 112 Å². The second kappa shape index (κ2) is 13.4. The van der Waals surface area contributed by atoms with Crippen molar-refractivity contribution in [3.05, 3.63) is 70.3 Å². The third kappa shape index (κ3) is 7.27. The first-order valence-electron chi connectivity index (χ1n) is 15.6. The number of anilines is 1. The van der Waals surface area contributed by atoms with E-state index in [4.69, 9.17) is 21.1 Å². The van der Waals surface area contributed by atoms with Gasteiger partial charge in [0.05, 0.1) is 17.4 Å². The van der Waals surface area contributed by atoms with Crippen LogP contribution in [-0.2, 0) is 27.8 Å². The van der Waals surface area contributed by atoms with Gasteiger partial charge in [-0.2, -0.15) is 0 Å². The van der Waals surface area contributed by atoms with Gasteiger partial charge in [0.1, 0.15) is 17.6 Å². The lowest BCUT2D eigenvalue weighted by Gasteiger charge is -2.48. The van der Waals surface area contributed by atoms with E-state index in [2.05, 4.69) is 16.5 Å². The van der Waals surface area contributed by atoms with E-state index in [-0.39, 0.29) is 18.1 Å². The van der Waals surface area contributed by atoms with Crippen LogP contribution in [0, 0.1) is 17.8 Å². The molecule has 240 valence electrons. The third-order valence-corrected chi connectivity index (χ3v) is 11.9. The second-order valence-electron chi connectivity index (χ2n) is 13.2. The van der Waals surface area contributed by atoms with Gasteiger partial charge in [0.25, 0.3) is 5.91 Å². The normalized spacial score (nSPS) is 28.6. The molecule has 2 unspecified atom stereocenters. The summed E-state index contributed by atoms with van der Waals surface area (Å²) in [6.45, 7) is 7.06. The van der Waals surface area contributed by atoms with Crippen molar-refractivity contribution in [1.29, 1.82) is 0 Å². The van der Waals surface area contributed by atoms with Gasteiger partial charge in [-0.15, -0.1) is 0 Å². The highest BCUT2D eigenvalue weighted by Crippen LogP contribution is 2.45. The predicted octanol–water partition coefficient (Wildman–Crippen LogP) is 5.90.